The van der Waals surface area contributed by atoms with Crippen molar-refractivity contribution in [1.82, 2.24) is 0 Å². The van der Waals surface area contributed by atoms with Crippen LogP contribution in [0.2, 0.25) is 0 Å². The number of hydrogen-bond acceptors (Lipinski definition) is 18. The van der Waals surface area contributed by atoms with Crippen LogP contribution in [0, 0.1) is 10.8 Å². The number of methoxy groups -OCH3 is 4. The van der Waals surface area contributed by atoms with Crippen LogP contribution in [0.25, 0.3) is 71.0 Å². The molecule has 466 valence electrons. The second kappa shape index (κ2) is 30.0. The lowest BCUT2D eigenvalue weighted by atomic mass is 9.86. The van der Waals surface area contributed by atoms with Gasteiger partial charge in [-0.05, 0) is 145 Å². The van der Waals surface area contributed by atoms with Crippen LogP contribution >= 0.6 is 68.0 Å². The zero-order chi connectivity index (χ0) is 62.0. The summed E-state index contributed by atoms with van der Waals surface area (Å²) in [5.41, 5.74) is 5.92. The first-order valence-electron chi connectivity index (χ1n) is 30.5. The molecular weight excluding hydrogens is 1230 g/mol. The molecule has 6 heterocycles. The Hall–Kier alpha value is -5.64. The zero-order valence-corrected chi connectivity index (χ0v) is 56.5. The van der Waals surface area contributed by atoms with Crippen molar-refractivity contribution in [3.8, 4) is 71.0 Å². The van der Waals surface area contributed by atoms with Crippen LogP contribution in [-0.2, 0) is 63.6 Å². The first-order valence-corrected chi connectivity index (χ1v) is 35.5. The van der Waals surface area contributed by atoms with Crippen LogP contribution in [0.3, 0.4) is 0 Å². The highest BCUT2D eigenvalue weighted by Gasteiger charge is 2.47. The first-order chi connectivity index (χ1) is 42.9. The van der Waals surface area contributed by atoms with Crippen molar-refractivity contribution in [2.45, 2.75) is 105 Å². The highest BCUT2D eigenvalue weighted by Crippen LogP contribution is 2.56. The van der Waals surface area contributed by atoms with E-state index < -0.39 is 34.7 Å². The lowest BCUT2D eigenvalue weighted by molar-refractivity contribution is -0.0187. The number of carbonyl (C=O) groups excluding carboxylic acids is 4. The Morgan fingerprint density at radius 2 is 0.591 bits per heavy atom. The van der Waals surface area contributed by atoms with E-state index in [4.69, 9.17) is 37.9 Å². The van der Waals surface area contributed by atoms with Crippen molar-refractivity contribution in [3.05, 3.63) is 128 Å². The molecule has 6 aromatic heterocycles. The monoisotopic (exact) mass is 1300 g/mol. The van der Waals surface area contributed by atoms with Gasteiger partial charge in [0.25, 0.3) is 0 Å². The van der Waals surface area contributed by atoms with E-state index in [0.29, 0.717) is 101 Å². The average Bonchev–Trinajstić information content (AvgIpc) is 1.56. The summed E-state index contributed by atoms with van der Waals surface area (Å²) >= 11 is 9.48. The third-order valence-electron chi connectivity index (χ3n) is 16.6. The molecule has 0 amide bonds. The molecule has 18 heteroatoms. The topological polar surface area (TPSA) is 142 Å². The number of rotatable bonds is 31. The molecule has 0 aliphatic heterocycles. The second-order valence-corrected chi connectivity index (χ2v) is 29.1. The number of fused-ring (bicyclic) bond motifs is 2. The normalized spacial score (nSPS) is 13.9. The summed E-state index contributed by atoms with van der Waals surface area (Å²) in [7, 11) is 5.41. The van der Waals surface area contributed by atoms with Crippen molar-refractivity contribution in [3.63, 3.8) is 0 Å². The van der Waals surface area contributed by atoms with Crippen molar-refractivity contribution >= 4 is 91.9 Å². The van der Waals surface area contributed by atoms with Gasteiger partial charge in [-0.3, -0.25) is 0 Å². The third-order valence-corrected chi connectivity index (χ3v) is 23.3. The predicted octanol–water partition coefficient (Wildman–Crippen LogP) is 18.3. The molecule has 12 nitrogen and oxygen atoms in total. The standard InChI is InChI=1S/C70H78O12S6/c1-9-13-29-79-39-69(40-80-30-14-10-2)35-43-45(37-69)59(63(67(73)77-7)61(65(71)75-5)57(43)53-25-21-49(85-53)47-19-17-33-83-47)55-27-23-51(87-55)52-24-28-56(88-52)60-46-38-70(41-81-31-15-11-3,42-82-32-16-12-4)36-44(46)58(62(66(72)76-6)64(60)68(74)78-8)54-26-22-50(86-54)48-20-18-34-84-48/h17-28,33-34H,9-16,29-32,35-42H2,1-8H3. The first kappa shape index (κ1) is 65.3. The maximum atomic E-state index is 14.8. The summed E-state index contributed by atoms with van der Waals surface area (Å²) in [4.78, 5) is 68.5. The van der Waals surface area contributed by atoms with Crippen LogP contribution in [0.15, 0.2) is 83.6 Å². The molecule has 0 N–H and O–H groups in total. The molecule has 0 unspecified atom stereocenters. The van der Waals surface area contributed by atoms with Crippen molar-refractivity contribution < 1.29 is 57.1 Å². The molecule has 88 heavy (non-hydrogen) atoms. The van der Waals surface area contributed by atoms with Gasteiger partial charge in [0.1, 0.15) is 0 Å². The number of ether oxygens (including phenoxy) is 8. The summed E-state index contributed by atoms with van der Waals surface area (Å²) in [6, 6.07) is 24.6. The number of unbranched alkanes of at least 4 members (excludes halogenated alkanes) is 4. The Labute approximate surface area is 541 Å². The molecule has 2 aliphatic carbocycles. The van der Waals surface area contributed by atoms with E-state index in [0.717, 1.165) is 122 Å². The number of esters is 4. The van der Waals surface area contributed by atoms with Crippen LogP contribution in [0.5, 0.6) is 0 Å². The lowest BCUT2D eigenvalue weighted by Gasteiger charge is -2.29. The van der Waals surface area contributed by atoms with Gasteiger partial charge in [0.15, 0.2) is 0 Å². The molecule has 0 atom stereocenters. The van der Waals surface area contributed by atoms with Gasteiger partial charge in [-0.2, -0.15) is 0 Å². The molecule has 0 bridgehead atoms. The minimum Gasteiger partial charge on any atom is -0.465 e. The van der Waals surface area contributed by atoms with Gasteiger partial charge in [-0.25, -0.2) is 19.2 Å². The van der Waals surface area contributed by atoms with Crippen LogP contribution in [0.4, 0.5) is 0 Å². The molecule has 2 aliphatic rings. The van der Waals surface area contributed by atoms with E-state index in [-0.39, 0.29) is 22.3 Å². The Balaban J connectivity index is 1.16. The molecule has 8 aromatic rings. The Morgan fingerprint density at radius 3 is 0.807 bits per heavy atom. The van der Waals surface area contributed by atoms with Crippen LogP contribution in [-0.4, -0.2) is 105 Å². The highest BCUT2D eigenvalue weighted by molar-refractivity contribution is 7.25. The highest BCUT2D eigenvalue weighted by atomic mass is 32.1. The van der Waals surface area contributed by atoms with Gasteiger partial charge in [0.2, 0.25) is 0 Å². The summed E-state index contributed by atoms with van der Waals surface area (Å²) in [5, 5.41) is 4.10. The lowest BCUT2D eigenvalue weighted by Crippen LogP contribution is -2.34. The Kier molecular flexibility index (Phi) is 22.3. The SMILES string of the molecule is CCCCOCC1(COCCCC)Cc2c(c(-c3ccc(-c4ccc(-c5c6c(c(-c7ccc(-c8cccs8)s7)c(C(=O)OC)c5C(=O)OC)CC(COCCCC)(COCCCC)C6)s4)s3)c(C(=O)OC)c(C(=O)OC)c2-c2ccc(-c3cccs3)s2)C1. The number of benzene rings is 2. The molecule has 0 saturated heterocycles. The summed E-state index contributed by atoms with van der Waals surface area (Å²) in [5.74, 6) is -2.58. The van der Waals surface area contributed by atoms with E-state index in [9.17, 15) is 19.2 Å². The molecule has 0 fully saturated rings. The van der Waals surface area contributed by atoms with E-state index in [1.165, 1.54) is 51.1 Å². The second-order valence-electron chi connectivity index (χ2n) is 22.8. The fourth-order valence-electron chi connectivity index (χ4n) is 12.3. The van der Waals surface area contributed by atoms with Crippen LogP contribution < -0.4 is 0 Å². The maximum Gasteiger partial charge on any atom is 0.339 e. The summed E-state index contributed by atoms with van der Waals surface area (Å²) in [6.45, 7) is 12.7. The van der Waals surface area contributed by atoms with Gasteiger partial charge >= 0.3 is 23.9 Å². The molecule has 0 radical (unpaired) electrons. The Morgan fingerprint density at radius 1 is 0.352 bits per heavy atom. The third kappa shape index (κ3) is 13.7. The predicted molar refractivity (Wildman–Crippen MR) is 360 cm³/mol. The molecule has 0 spiro atoms. The largest absolute Gasteiger partial charge is 0.465 e. The fraction of sp³-hybridized carbons (Fsp3) is 0.429. The average molecular weight is 1300 g/mol. The van der Waals surface area contributed by atoms with E-state index in [2.05, 4.69) is 52.0 Å². The number of thiophene rings is 6. The van der Waals surface area contributed by atoms with Crippen molar-refractivity contribution in [2.75, 3.05) is 81.3 Å². The number of hydrogen-bond donors (Lipinski definition) is 0. The summed E-state index contributed by atoms with van der Waals surface area (Å²) in [6.07, 6.45) is 9.72. The van der Waals surface area contributed by atoms with Gasteiger partial charge in [0.05, 0.1) is 77.1 Å². The van der Waals surface area contributed by atoms with Gasteiger partial charge in [-0.15, -0.1) is 68.0 Å². The molecule has 10 rings (SSSR count). The quantitative estimate of drug-likeness (QED) is 0.0232. The Bertz CT molecular complexity index is 3440. The van der Waals surface area contributed by atoms with Gasteiger partial charge in [-0.1, -0.05) is 65.5 Å². The minimum atomic E-state index is -0.652. The smallest absolute Gasteiger partial charge is 0.339 e. The van der Waals surface area contributed by atoms with Gasteiger partial charge in [0, 0.05) is 108 Å². The maximum absolute atomic E-state index is 14.8. The van der Waals surface area contributed by atoms with Crippen molar-refractivity contribution in [2.24, 2.45) is 10.8 Å². The van der Waals surface area contributed by atoms with E-state index >= 15 is 0 Å². The fourth-order valence-corrected chi connectivity index (χ4v) is 18.4. The minimum absolute atomic E-state index is 0.145. The molecule has 2 aromatic carbocycles. The van der Waals surface area contributed by atoms with E-state index in [1.807, 2.05) is 59.3 Å². The zero-order valence-electron chi connectivity index (χ0n) is 51.6. The van der Waals surface area contributed by atoms with Crippen LogP contribution in [0.1, 0.15) is 143 Å². The van der Waals surface area contributed by atoms with Gasteiger partial charge < -0.3 is 37.9 Å². The van der Waals surface area contributed by atoms with E-state index in [1.54, 1.807) is 45.3 Å². The molecule has 0 saturated carbocycles. The number of carbonyl (C=O) groups is 4. The summed E-state index contributed by atoms with van der Waals surface area (Å²) < 4.78 is 49.0. The van der Waals surface area contributed by atoms with Crippen molar-refractivity contribution in [1.29, 1.82) is 0 Å². The molecular formula is C70H78O12S6.